The minimum absolute atomic E-state index is 0.220. The van der Waals surface area contributed by atoms with Gasteiger partial charge in [-0.25, -0.2) is 9.59 Å². The molecule has 146 valence electrons. The van der Waals surface area contributed by atoms with Crippen LogP contribution < -0.4 is 0 Å². The summed E-state index contributed by atoms with van der Waals surface area (Å²) < 4.78 is 16.4. The van der Waals surface area contributed by atoms with Crippen LogP contribution in [0, 0.1) is 11.8 Å². The summed E-state index contributed by atoms with van der Waals surface area (Å²) in [5.41, 5.74) is 1.13. The van der Waals surface area contributed by atoms with Crippen molar-refractivity contribution < 1.29 is 33.7 Å². The van der Waals surface area contributed by atoms with Gasteiger partial charge in [0.05, 0.1) is 24.0 Å². The molecule has 0 aromatic heterocycles. The molecule has 2 bridgehead atoms. The van der Waals surface area contributed by atoms with Crippen molar-refractivity contribution >= 4 is 17.9 Å². The van der Waals surface area contributed by atoms with Gasteiger partial charge in [-0.3, -0.25) is 4.79 Å². The molecule has 0 radical (unpaired) electrons. The molecule has 2 heterocycles. The average molecular weight is 376 g/mol. The second-order valence-corrected chi connectivity index (χ2v) is 7.17. The van der Waals surface area contributed by atoms with E-state index in [0.717, 1.165) is 0 Å². The molecular formula is C20H24O7. The van der Waals surface area contributed by atoms with E-state index >= 15 is 0 Å². The van der Waals surface area contributed by atoms with E-state index in [1.54, 1.807) is 19.1 Å². The third kappa shape index (κ3) is 3.69. The first-order valence-electron chi connectivity index (χ1n) is 9.19. The van der Waals surface area contributed by atoms with Crippen molar-refractivity contribution in [3.05, 3.63) is 35.5 Å². The van der Waals surface area contributed by atoms with Crippen LogP contribution in [-0.4, -0.2) is 47.9 Å². The Hall–Kier alpha value is -2.41. The van der Waals surface area contributed by atoms with E-state index < -0.39 is 36.2 Å². The molecule has 0 amide bonds. The Labute approximate surface area is 157 Å². The summed E-state index contributed by atoms with van der Waals surface area (Å²) in [6.07, 6.45) is 2.49. The molecule has 5 atom stereocenters. The molecule has 7 heteroatoms. The molecule has 0 spiro atoms. The number of carbonyl (C=O) groups is 3. The molecule has 1 fully saturated rings. The molecule has 3 rings (SSSR count). The summed E-state index contributed by atoms with van der Waals surface area (Å²) in [5.74, 6) is -2.35. The lowest BCUT2D eigenvalue weighted by atomic mass is 9.87. The minimum Gasteiger partial charge on any atom is -0.457 e. The van der Waals surface area contributed by atoms with Gasteiger partial charge in [0.1, 0.15) is 18.3 Å². The van der Waals surface area contributed by atoms with Crippen LogP contribution in [-0.2, 0) is 28.6 Å². The molecular weight excluding hydrogens is 352 g/mol. The molecule has 27 heavy (non-hydrogen) atoms. The maximum atomic E-state index is 12.4. The summed E-state index contributed by atoms with van der Waals surface area (Å²) in [7, 11) is 0. The fourth-order valence-corrected chi connectivity index (χ4v) is 3.48. The first-order valence-corrected chi connectivity index (χ1v) is 9.19. The lowest BCUT2D eigenvalue weighted by molar-refractivity contribution is -0.153. The van der Waals surface area contributed by atoms with Crippen molar-refractivity contribution in [3.63, 3.8) is 0 Å². The Morgan fingerprint density at radius 2 is 1.96 bits per heavy atom. The van der Waals surface area contributed by atoms with Gasteiger partial charge in [0, 0.05) is 5.57 Å². The molecule has 0 aromatic rings. The van der Waals surface area contributed by atoms with E-state index in [-0.39, 0.29) is 29.6 Å². The standard InChI is InChI=1S/C20H24O7/c1-4-10(2)18(22)25-14-6-5-12(9-21)7-15-17(11(3)19(23)26-15)16-8-13(14)20(24)27-16/h7-8,10,14-17,21H,3-6,9H2,1-2H3/b12-7+/t10-,14+,15+,16-,17+/m1/s1. The minimum atomic E-state index is -0.762. The highest BCUT2D eigenvalue weighted by Gasteiger charge is 2.47. The number of aliphatic hydroxyl groups excluding tert-OH is 1. The molecule has 1 aliphatic carbocycles. The van der Waals surface area contributed by atoms with Crippen LogP contribution in [0.5, 0.6) is 0 Å². The number of aliphatic hydroxyl groups is 1. The van der Waals surface area contributed by atoms with Crippen molar-refractivity contribution in [1.29, 1.82) is 0 Å². The number of fused-ring (bicyclic) bond motifs is 3. The second-order valence-electron chi connectivity index (χ2n) is 7.17. The van der Waals surface area contributed by atoms with Crippen molar-refractivity contribution in [1.82, 2.24) is 0 Å². The largest absolute Gasteiger partial charge is 0.457 e. The number of rotatable bonds is 4. The van der Waals surface area contributed by atoms with Gasteiger partial charge in [-0.2, -0.15) is 0 Å². The van der Waals surface area contributed by atoms with Gasteiger partial charge in [-0.1, -0.05) is 20.4 Å². The monoisotopic (exact) mass is 376 g/mol. The normalized spacial score (nSPS) is 33.2. The molecule has 0 unspecified atom stereocenters. The fourth-order valence-electron chi connectivity index (χ4n) is 3.48. The summed E-state index contributed by atoms with van der Waals surface area (Å²) in [5, 5.41) is 9.66. The van der Waals surface area contributed by atoms with Crippen LogP contribution in [0.3, 0.4) is 0 Å². The zero-order valence-corrected chi connectivity index (χ0v) is 15.5. The van der Waals surface area contributed by atoms with Crippen LogP contribution in [0.2, 0.25) is 0 Å². The maximum Gasteiger partial charge on any atom is 0.338 e. The summed E-state index contributed by atoms with van der Waals surface area (Å²) in [4.78, 5) is 36.7. The zero-order valence-electron chi connectivity index (χ0n) is 15.5. The fraction of sp³-hybridized carbons (Fsp3) is 0.550. The molecule has 3 aliphatic rings. The Morgan fingerprint density at radius 1 is 1.30 bits per heavy atom. The lowest BCUT2D eigenvalue weighted by Crippen LogP contribution is -2.28. The van der Waals surface area contributed by atoms with Crippen molar-refractivity contribution in [3.8, 4) is 0 Å². The van der Waals surface area contributed by atoms with Crippen LogP contribution in [0.1, 0.15) is 33.1 Å². The van der Waals surface area contributed by atoms with Gasteiger partial charge >= 0.3 is 17.9 Å². The van der Waals surface area contributed by atoms with Crippen molar-refractivity contribution in [2.24, 2.45) is 11.8 Å². The highest BCUT2D eigenvalue weighted by atomic mass is 16.6. The van der Waals surface area contributed by atoms with Crippen LogP contribution >= 0.6 is 0 Å². The number of hydrogen-bond acceptors (Lipinski definition) is 7. The highest BCUT2D eigenvalue weighted by molar-refractivity contribution is 5.94. The SMILES string of the molecule is C=C1C(=O)O[C@H]2/C=C(/CO)CC[C@H](OC(=O)[C@H](C)CC)C3=C[C@@H](OC3=O)[C@@H]12. The van der Waals surface area contributed by atoms with Gasteiger partial charge in [-0.15, -0.1) is 0 Å². The summed E-state index contributed by atoms with van der Waals surface area (Å²) in [6.45, 7) is 7.19. The Bertz CT molecular complexity index is 733. The number of carbonyl (C=O) groups excluding carboxylic acids is 3. The molecule has 1 saturated heterocycles. The van der Waals surface area contributed by atoms with Gasteiger partial charge < -0.3 is 19.3 Å². The molecule has 7 nitrogen and oxygen atoms in total. The van der Waals surface area contributed by atoms with Gasteiger partial charge in [0.25, 0.3) is 0 Å². The number of hydrogen-bond donors (Lipinski definition) is 1. The number of esters is 3. The van der Waals surface area contributed by atoms with Gasteiger partial charge in [0.2, 0.25) is 0 Å². The zero-order chi connectivity index (χ0) is 19.7. The Balaban J connectivity index is 1.94. The van der Waals surface area contributed by atoms with E-state index in [0.29, 0.717) is 24.8 Å². The van der Waals surface area contributed by atoms with E-state index in [2.05, 4.69) is 6.58 Å². The van der Waals surface area contributed by atoms with Crippen LogP contribution in [0.25, 0.3) is 0 Å². The Kier molecular flexibility index (Phi) is 5.51. The van der Waals surface area contributed by atoms with Gasteiger partial charge in [0.15, 0.2) is 0 Å². The smallest absolute Gasteiger partial charge is 0.338 e. The summed E-state index contributed by atoms with van der Waals surface area (Å²) in [6, 6.07) is 0. The predicted molar refractivity (Wildman–Crippen MR) is 94.2 cm³/mol. The molecule has 2 aliphatic heterocycles. The molecule has 1 N–H and O–H groups in total. The third-order valence-corrected chi connectivity index (χ3v) is 5.39. The van der Waals surface area contributed by atoms with E-state index in [4.69, 9.17) is 14.2 Å². The van der Waals surface area contributed by atoms with Crippen molar-refractivity contribution in [2.45, 2.75) is 51.4 Å². The predicted octanol–water partition coefficient (Wildman–Crippen LogP) is 1.61. The number of ether oxygens (including phenoxy) is 3. The average Bonchev–Trinajstić information content (AvgIpc) is 3.15. The second kappa shape index (κ2) is 7.68. The topological polar surface area (TPSA) is 99.1 Å². The maximum absolute atomic E-state index is 12.4. The molecule has 0 saturated carbocycles. The first-order chi connectivity index (χ1) is 12.8. The van der Waals surface area contributed by atoms with E-state index in [1.807, 2.05) is 6.92 Å². The van der Waals surface area contributed by atoms with Gasteiger partial charge in [-0.05, 0) is 37.0 Å². The van der Waals surface area contributed by atoms with Crippen LogP contribution in [0.15, 0.2) is 35.5 Å². The quantitative estimate of drug-likeness (QED) is 0.344. The summed E-state index contributed by atoms with van der Waals surface area (Å²) >= 11 is 0. The third-order valence-electron chi connectivity index (χ3n) is 5.39. The lowest BCUT2D eigenvalue weighted by Gasteiger charge is -2.22. The Morgan fingerprint density at radius 3 is 2.63 bits per heavy atom. The van der Waals surface area contributed by atoms with E-state index in [9.17, 15) is 19.5 Å². The van der Waals surface area contributed by atoms with Crippen molar-refractivity contribution in [2.75, 3.05) is 6.61 Å². The van der Waals surface area contributed by atoms with E-state index in [1.165, 1.54) is 0 Å². The highest BCUT2D eigenvalue weighted by Crippen LogP contribution is 2.38. The first kappa shape index (κ1) is 19.4. The van der Waals surface area contributed by atoms with Crippen LogP contribution in [0.4, 0.5) is 0 Å². The molecule has 0 aromatic carbocycles.